The van der Waals surface area contributed by atoms with Crippen LogP contribution in [0.2, 0.25) is 0 Å². The van der Waals surface area contributed by atoms with Crippen LogP contribution in [-0.2, 0) is 0 Å². The zero-order valence-corrected chi connectivity index (χ0v) is 19.1. The van der Waals surface area contributed by atoms with Crippen LogP contribution in [0.4, 0.5) is 0 Å². The van der Waals surface area contributed by atoms with Crippen LogP contribution in [0.1, 0.15) is 0 Å². The number of thiazole rings is 2. The third-order valence-corrected chi connectivity index (χ3v) is 21.2. The molecule has 24 heavy (non-hydrogen) atoms. The van der Waals surface area contributed by atoms with E-state index >= 15 is 0 Å². The van der Waals surface area contributed by atoms with Crippen LogP contribution in [0.3, 0.4) is 0 Å². The molecule has 122 valence electrons. The first kappa shape index (κ1) is 16.8. The maximum absolute atomic E-state index is 5.28. The van der Waals surface area contributed by atoms with Crippen molar-refractivity contribution in [1.82, 2.24) is 9.97 Å². The van der Waals surface area contributed by atoms with Crippen LogP contribution in [0.25, 0.3) is 20.4 Å². The van der Waals surface area contributed by atoms with Gasteiger partial charge in [0.1, 0.15) is 0 Å². The van der Waals surface area contributed by atoms with Crippen molar-refractivity contribution in [3.8, 4) is 11.5 Å². The Morgan fingerprint density at radius 1 is 0.750 bits per heavy atom. The molecule has 0 aliphatic carbocycles. The molecule has 0 N–H and O–H groups in total. The van der Waals surface area contributed by atoms with E-state index in [1.54, 1.807) is 14.2 Å². The van der Waals surface area contributed by atoms with E-state index in [0.717, 1.165) is 22.5 Å². The second-order valence-electron chi connectivity index (χ2n) is 4.79. The van der Waals surface area contributed by atoms with E-state index in [0.29, 0.717) is 0 Å². The Bertz CT molecular complexity index is 934. The van der Waals surface area contributed by atoms with Gasteiger partial charge in [0.05, 0.1) is 0 Å². The number of benzene rings is 2. The number of ether oxygens (including phenoxy) is 2. The monoisotopic (exact) mass is 588 g/mol. The molecular weight excluding hydrogens is 572 g/mol. The van der Waals surface area contributed by atoms with E-state index in [4.69, 9.17) is 19.4 Å². The molecule has 2 aromatic carbocycles. The number of hydrogen-bond acceptors (Lipinski definition) is 6. The molecule has 0 radical (unpaired) electrons. The Kier molecular flexibility index (Phi) is 5.15. The van der Waals surface area contributed by atoms with Gasteiger partial charge < -0.3 is 0 Å². The standard InChI is InChI=1S/C16H12N2O2S2Te2/c1-19-9-3-5-13-11(7-9)17-15(21-13)23-24-16-18-12-8-10(20-2)4-6-14(12)22-16/h3-8H,1-2H3. The summed E-state index contributed by atoms with van der Waals surface area (Å²) in [5.74, 6) is 1.74. The first-order valence-corrected chi connectivity index (χ1v) is 18.3. The van der Waals surface area contributed by atoms with Crippen molar-refractivity contribution in [3.05, 3.63) is 36.4 Å². The molecule has 0 aliphatic rings. The summed E-state index contributed by atoms with van der Waals surface area (Å²) in [6, 6.07) is 12.3. The molecule has 0 aliphatic heterocycles. The Morgan fingerprint density at radius 3 is 1.62 bits per heavy atom. The Labute approximate surface area is 163 Å². The Hall–Kier alpha value is -0.601. The second-order valence-corrected chi connectivity index (χ2v) is 18.0. The van der Waals surface area contributed by atoms with Gasteiger partial charge in [-0.2, -0.15) is 0 Å². The van der Waals surface area contributed by atoms with Crippen LogP contribution in [0.5, 0.6) is 11.5 Å². The third-order valence-electron chi connectivity index (χ3n) is 3.33. The third kappa shape index (κ3) is 3.51. The topological polar surface area (TPSA) is 44.2 Å². The quantitative estimate of drug-likeness (QED) is 0.338. The van der Waals surface area contributed by atoms with E-state index in [2.05, 4.69) is 12.1 Å². The van der Waals surface area contributed by atoms with Crippen LogP contribution in [0.15, 0.2) is 36.4 Å². The number of rotatable bonds is 5. The summed E-state index contributed by atoms with van der Waals surface area (Å²) in [4.78, 5) is 9.61. The van der Waals surface area contributed by atoms with Gasteiger partial charge in [-0.25, -0.2) is 0 Å². The molecular formula is C16H12N2O2S2Te2. The van der Waals surface area contributed by atoms with Crippen molar-refractivity contribution in [2.45, 2.75) is 0 Å². The summed E-state index contributed by atoms with van der Waals surface area (Å²) in [6.07, 6.45) is 0. The van der Waals surface area contributed by atoms with Crippen molar-refractivity contribution >= 4 is 83.3 Å². The van der Waals surface area contributed by atoms with Gasteiger partial charge in [-0.3, -0.25) is 0 Å². The molecule has 0 spiro atoms. The first-order chi connectivity index (χ1) is 11.7. The molecule has 0 atom stereocenters. The van der Waals surface area contributed by atoms with Crippen molar-refractivity contribution in [2.75, 3.05) is 14.2 Å². The van der Waals surface area contributed by atoms with Crippen molar-refractivity contribution in [1.29, 1.82) is 0 Å². The predicted octanol–water partition coefficient (Wildman–Crippen LogP) is 2.20. The van der Waals surface area contributed by atoms with Crippen LogP contribution >= 0.6 is 22.7 Å². The molecule has 2 heterocycles. The van der Waals surface area contributed by atoms with E-state index in [9.17, 15) is 0 Å². The molecule has 4 aromatic rings. The normalized spacial score (nSPS) is 11.2. The van der Waals surface area contributed by atoms with Crippen LogP contribution < -0.4 is 15.6 Å². The molecule has 8 heteroatoms. The fourth-order valence-corrected chi connectivity index (χ4v) is 18.0. The van der Waals surface area contributed by atoms with Gasteiger partial charge >= 0.3 is 165 Å². The maximum atomic E-state index is 5.28. The molecule has 4 nitrogen and oxygen atoms in total. The van der Waals surface area contributed by atoms with Gasteiger partial charge in [0, 0.05) is 0 Å². The van der Waals surface area contributed by atoms with E-state index < -0.39 is 0 Å². The number of methoxy groups -OCH3 is 2. The molecule has 0 unspecified atom stereocenters. The molecule has 4 rings (SSSR count). The summed E-state index contributed by atoms with van der Waals surface area (Å²) >= 11 is 3.16. The summed E-state index contributed by atoms with van der Waals surface area (Å²) in [5.41, 5.74) is 2.11. The van der Waals surface area contributed by atoms with Gasteiger partial charge in [-0.05, 0) is 0 Å². The first-order valence-electron chi connectivity index (χ1n) is 6.99. The van der Waals surface area contributed by atoms with Crippen LogP contribution in [0, 0.1) is 0 Å². The second kappa shape index (κ2) is 7.33. The summed E-state index contributed by atoms with van der Waals surface area (Å²) < 4.78 is 15.7. The van der Waals surface area contributed by atoms with Crippen molar-refractivity contribution in [3.63, 3.8) is 0 Å². The average molecular weight is 584 g/mol. The van der Waals surface area contributed by atoms with Crippen molar-refractivity contribution < 1.29 is 9.47 Å². The van der Waals surface area contributed by atoms with E-state index in [1.165, 1.54) is 15.5 Å². The van der Waals surface area contributed by atoms with Crippen LogP contribution in [-0.4, -0.2) is 58.3 Å². The minimum absolute atomic E-state index is 0.247. The number of nitrogens with zero attached hydrogens (tertiary/aromatic N) is 2. The average Bonchev–Trinajstić information content (AvgIpc) is 3.21. The fraction of sp³-hybridized carbons (Fsp3) is 0.125. The summed E-state index contributed by atoms with van der Waals surface area (Å²) in [7, 11) is 3.38. The number of hydrogen-bond donors (Lipinski definition) is 0. The molecule has 0 saturated heterocycles. The van der Waals surface area contributed by atoms with Gasteiger partial charge in [0.2, 0.25) is 0 Å². The van der Waals surface area contributed by atoms with Gasteiger partial charge in [-0.1, -0.05) is 0 Å². The number of fused-ring (bicyclic) bond motifs is 2. The zero-order valence-electron chi connectivity index (χ0n) is 12.8. The van der Waals surface area contributed by atoms with E-state index in [1.807, 2.05) is 46.9 Å². The van der Waals surface area contributed by atoms with Gasteiger partial charge in [-0.15, -0.1) is 0 Å². The summed E-state index contributed by atoms with van der Waals surface area (Å²) in [5, 5.41) is 0. The van der Waals surface area contributed by atoms with Gasteiger partial charge in [0.15, 0.2) is 0 Å². The van der Waals surface area contributed by atoms with E-state index in [-0.39, 0.29) is 34.1 Å². The van der Waals surface area contributed by atoms with Gasteiger partial charge in [0.25, 0.3) is 0 Å². The zero-order chi connectivity index (χ0) is 16.5. The minimum atomic E-state index is -0.247. The molecule has 2 aromatic heterocycles. The summed E-state index contributed by atoms with van der Waals surface area (Å²) in [6.45, 7) is 0. The molecule has 0 fully saturated rings. The molecule has 0 saturated carbocycles. The Morgan fingerprint density at radius 2 is 1.21 bits per heavy atom. The Balaban J connectivity index is 1.53. The molecule has 0 bridgehead atoms. The molecule has 0 amide bonds. The fourth-order valence-electron chi connectivity index (χ4n) is 2.17. The van der Waals surface area contributed by atoms with Crippen molar-refractivity contribution in [2.24, 2.45) is 0 Å². The number of aromatic nitrogens is 2. The SMILES string of the molecule is COc1ccc2sc([Te][Te]c3nc4cc(OC)ccc4s3)nc2c1. The predicted molar refractivity (Wildman–Crippen MR) is 103 cm³/mol.